The Balaban J connectivity index is 1.58. The summed E-state index contributed by atoms with van der Waals surface area (Å²) in [6.07, 6.45) is 0.554. The number of fused-ring (bicyclic) bond motifs is 1. The van der Waals surface area contributed by atoms with Crippen molar-refractivity contribution >= 4 is 11.8 Å². The number of benzene rings is 1. The smallest absolute Gasteiger partial charge is 0.264 e. The van der Waals surface area contributed by atoms with E-state index in [-0.39, 0.29) is 4.97 Å². The Kier molecular flexibility index (Phi) is 4.11. The number of amides is 2. The van der Waals surface area contributed by atoms with Gasteiger partial charge in [0.1, 0.15) is 0 Å². The number of hydrazine groups is 1. The van der Waals surface area contributed by atoms with Gasteiger partial charge in [0.15, 0.2) is 0 Å². The first-order valence-electron chi connectivity index (χ1n) is 7.26. The predicted octanol–water partition coefficient (Wildman–Crippen LogP) is 0.506. The summed E-state index contributed by atoms with van der Waals surface area (Å²) in [6.45, 7) is 0.302. The van der Waals surface area contributed by atoms with E-state index in [9.17, 15) is 19.9 Å². The fourth-order valence-electron chi connectivity index (χ4n) is 2.56. The molecule has 0 radical (unpaired) electrons. The summed E-state index contributed by atoms with van der Waals surface area (Å²) >= 11 is 0. The van der Waals surface area contributed by atoms with E-state index in [1.807, 2.05) is 0 Å². The quantitative estimate of drug-likeness (QED) is 0.375. The average molecular weight is 320 g/mol. The third-order valence-corrected chi connectivity index (χ3v) is 3.88. The lowest BCUT2D eigenvalue weighted by molar-refractivity contribution is -0.713. The molecule has 2 amide bonds. The zero-order chi connectivity index (χ0) is 16.4. The standard InChI is InChI=1S/C14H16N4O5/c19-10-5-7-16(8-6-10)18(22)15-23-9-17-13(20)11-3-1-2-4-12(11)14(17)21/h1-4,10,19H,5-9H2. The SMILES string of the molecule is O=C1c2ccccc2C(=O)N1CON=[N+]([O-])N1CCC(O)CC1. The summed E-state index contributed by atoms with van der Waals surface area (Å²) in [4.78, 5) is 30.2. The molecule has 122 valence electrons. The van der Waals surface area contributed by atoms with Crippen molar-refractivity contribution in [1.29, 1.82) is 0 Å². The molecule has 1 saturated heterocycles. The number of piperidine rings is 1. The first kappa shape index (κ1) is 15.2. The second kappa shape index (κ2) is 6.21. The van der Waals surface area contributed by atoms with Gasteiger partial charge in [-0.25, -0.2) is 4.90 Å². The van der Waals surface area contributed by atoms with Crippen LogP contribution in [-0.2, 0) is 4.84 Å². The fourth-order valence-corrected chi connectivity index (χ4v) is 2.56. The third-order valence-electron chi connectivity index (χ3n) is 3.88. The molecule has 9 heteroatoms. The molecule has 0 spiro atoms. The van der Waals surface area contributed by atoms with Gasteiger partial charge in [-0.05, 0) is 25.0 Å². The van der Waals surface area contributed by atoms with Crippen molar-refractivity contribution in [1.82, 2.24) is 9.91 Å². The van der Waals surface area contributed by atoms with Gasteiger partial charge in [0.2, 0.25) is 12.0 Å². The Morgan fingerprint density at radius 3 is 2.35 bits per heavy atom. The van der Waals surface area contributed by atoms with E-state index in [0.717, 1.165) is 4.90 Å². The second-order valence-electron chi connectivity index (χ2n) is 5.36. The molecule has 0 bridgehead atoms. The Hall–Kier alpha value is -2.68. The Morgan fingerprint density at radius 2 is 1.78 bits per heavy atom. The lowest BCUT2D eigenvalue weighted by Crippen LogP contribution is -2.40. The maximum absolute atomic E-state index is 12.1. The molecule has 2 aliphatic rings. The van der Waals surface area contributed by atoms with Gasteiger partial charge in [-0.3, -0.25) is 9.59 Å². The molecule has 9 nitrogen and oxygen atoms in total. The van der Waals surface area contributed by atoms with E-state index >= 15 is 0 Å². The van der Waals surface area contributed by atoms with Crippen LogP contribution in [0.2, 0.25) is 0 Å². The number of aliphatic hydroxyl groups excluding tert-OH is 1. The van der Waals surface area contributed by atoms with Crippen molar-refractivity contribution in [3.63, 3.8) is 0 Å². The van der Waals surface area contributed by atoms with Crippen LogP contribution < -0.4 is 0 Å². The fraction of sp³-hybridized carbons (Fsp3) is 0.429. The first-order chi connectivity index (χ1) is 11.1. The molecule has 1 fully saturated rings. The van der Waals surface area contributed by atoms with Crippen LogP contribution in [0.15, 0.2) is 29.5 Å². The van der Waals surface area contributed by atoms with E-state index in [2.05, 4.69) is 5.28 Å². The Bertz CT molecular complexity index is 619. The van der Waals surface area contributed by atoms with Gasteiger partial charge in [0.05, 0.1) is 35.3 Å². The van der Waals surface area contributed by atoms with Crippen LogP contribution >= 0.6 is 0 Å². The molecule has 3 rings (SSSR count). The minimum Gasteiger partial charge on any atom is -0.569 e. The topological polar surface area (TPSA) is 109 Å². The average Bonchev–Trinajstić information content (AvgIpc) is 2.81. The molecule has 0 aliphatic carbocycles. The van der Waals surface area contributed by atoms with Crippen LogP contribution in [0.5, 0.6) is 0 Å². The van der Waals surface area contributed by atoms with Gasteiger partial charge < -0.3 is 15.2 Å². The summed E-state index contributed by atoms with van der Waals surface area (Å²) in [5, 5.41) is 25.8. The van der Waals surface area contributed by atoms with Gasteiger partial charge in [-0.15, -0.1) is 5.01 Å². The van der Waals surface area contributed by atoms with Crippen LogP contribution in [0.4, 0.5) is 0 Å². The predicted molar refractivity (Wildman–Crippen MR) is 75.8 cm³/mol. The summed E-state index contributed by atoms with van der Waals surface area (Å²) < 4.78 is 0. The number of imide groups is 1. The monoisotopic (exact) mass is 320 g/mol. The van der Waals surface area contributed by atoms with E-state index in [4.69, 9.17) is 4.84 Å². The Labute approximate surface area is 131 Å². The van der Waals surface area contributed by atoms with E-state index in [1.54, 1.807) is 24.3 Å². The number of nitrogens with zero attached hydrogens (tertiary/aromatic N) is 4. The lowest BCUT2D eigenvalue weighted by atomic mass is 10.1. The lowest BCUT2D eigenvalue weighted by Gasteiger charge is -2.25. The van der Waals surface area contributed by atoms with Crippen molar-refractivity contribution in [2.75, 3.05) is 19.8 Å². The van der Waals surface area contributed by atoms with Gasteiger partial charge in [-0.1, -0.05) is 12.1 Å². The largest absolute Gasteiger partial charge is 0.569 e. The molecule has 1 aromatic rings. The third kappa shape index (κ3) is 2.95. The van der Waals surface area contributed by atoms with Gasteiger partial charge >= 0.3 is 0 Å². The first-order valence-corrected chi connectivity index (χ1v) is 7.26. The van der Waals surface area contributed by atoms with Crippen LogP contribution in [0.3, 0.4) is 0 Å². The van der Waals surface area contributed by atoms with Crippen LogP contribution in [0, 0.1) is 5.21 Å². The summed E-state index contributed by atoms with van der Waals surface area (Å²) in [5.74, 6) is -0.946. The number of carbonyl (C=O) groups excluding carboxylic acids is 2. The molecule has 23 heavy (non-hydrogen) atoms. The Morgan fingerprint density at radius 1 is 1.22 bits per heavy atom. The number of carbonyl (C=O) groups is 2. The van der Waals surface area contributed by atoms with Gasteiger partial charge in [0, 0.05) is 0 Å². The molecule has 0 unspecified atom stereocenters. The van der Waals surface area contributed by atoms with E-state index in [0.29, 0.717) is 37.1 Å². The molecule has 1 N–H and O–H groups in total. The van der Waals surface area contributed by atoms with Crippen molar-refractivity contribution in [2.24, 2.45) is 5.28 Å². The molecule has 0 atom stereocenters. The van der Waals surface area contributed by atoms with Gasteiger partial charge in [-0.2, -0.15) is 0 Å². The molecule has 0 saturated carbocycles. The van der Waals surface area contributed by atoms with E-state index < -0.39 is 24.6 Å². The van der Waals surface area contributed by atoms with Gasteiger partial charge in [0.25, 0.3) is 11.8 Å². The highest BCUT2D eigenvalue weighted by molar-refractivity contribution is 6.21. The number of hydrogen-bond acceptors (Lipinski definition) is 6. The molecule has 2 heterocycles. The van der Waals surface area contributed by atoms with Crippen molar-refractivity contribution in [3.05, 3.63) is 40.6 Å². The number of aliphatic hydroxyl groups is 1. The van der Waals surface area contributed by atoms with Crippen LogP contribution in [-0.4, -0.2) is 57.7 Å². The minimum atomic E-state index is -0.473. The molecule has 0 aromatic heterocycles. The highest BCUT2D eigenvalue weighted by Gasteiger charge is 2.35. The maximum Gasteiger partial charge on any atom is 0.264 e. The van der Waals surface area contributed by atoms with Crippen LogP contribution in [0.1, 0.15) is 33.6 Å². The second-order valence-corrected chi connectivity index (χ2v) is 5.36. The molecular formula is C14H16N4O5. The van der Waals surface area contributed by atoms with Crippen molar-refractivity contribution < 1.29 is 24.5 Å². The normalized spacial score (nSPS) is 19.3. The van der Waals surface area contributed by atoms with E-state index in [1.165, 1.54) is 5.01 Å². The minimum absolute atomic E-state index is 0.282. The van der Waals surface area contributed by atoms with Crippen molar-refractivity contribution in [2.45, 2.75) is 18.9 Å². The maximum atomic E-state index is 12.1. The highest BCUT2D eigenvalue weighted by Crippen LogP contribution is 2.22. The highest BCUT2D eigenvalue weighted by atomic mass is 16.7. The number of rotatable bonds is 4. The summed E-state index contributed by atoms with van der Waals surface area (Å²) in [5.41, 5.74) is 0.621. The molecule has 2 aliphatic heterocycles. The zero-order valence-electron chi connectivity index (χ0n) is 12.3. The summed E-state index contributed by atoms with van der Waals surface area (Å²) in [6, 6.07) is 6.46. The summed E-state index contributed by atoms with van der Waals surface area (Å²) in [7, 11) is 0. The molecule has 1 aromatic carbocycles. The van der Waals surface area contributed by atoms with Crippen LogP contribution in [0.25, 0.3) is 0 Å². The molecular weight excluding hydrogens is 304 g/mol. The number of hydrogen-bond donors (Lipinski definition) is 1. The zero-order valence-corrected chi connectivity index (χ0v) is 12.3. The van der Waals surface area contributed by atoms with Crippen molar-refractivity contribution in [3.8, 4) is 0 Å².